The third kappa shape index (κ3) is 4.51. The predicted octanol–water partition coefficient (Wildman–Crippen LogP) is 2.99. The molecule has 1 aliphatic rings. The first-order valence-electron chi connectivity index (χ1n) is 6.78. The average Bonchev–Trinajstić information content (AvgIpc) is 3.26. The first-order valence-corrected chi connectivity index (χ1v) is 6.78. The Morgan fingerprint density at radius 2 is 2.10 bits per heavy atom. The lowest BCUT2D eigenvalue weighted by molar-refractivity contribution is -0.126. The van der Waals surface area contributed by atoms with Gasteiger partial charge in [-0.3, -0.25) is 4.79 Å². The molecule has 0 N–H and O–H groups in total. The summed E-state index contributed by atoms with van der Waals surface area (Å²) in [5, 5.41) is 8.64. The minimum Gasteiger partial charge on any atom is -0.338 e. The quantitative estimate of drug-likeness (QED) is 0.747. The van der Waals surface area contributed by atoms with Crippen LogP contribution in [-0.4, -0.2) is 23.9 Å². The van der Waals surface area contributed by atoms with Crippen LogP contribution in [0.15, 0.2) is 30.3 Å². The molecule has 1 aromatic rings. The van der Waals surface area contributed by atoms with E-state index in [2.05, 4.69) is 6.07 Å². The molecule has 1 saturated carbocycles. The summed E-state index contributed by atoms with van der Waals surface area (Å²) in [5.74, 6) is 0.214. The fraction of sp³-hybridized carbons (Fsp3) is 0.375. The van der Waals surface area contributed by atoms with E-state index < -0.39 is 0 Å². The zero-order valence-electron chi connectivity index (χ0n) is 11.3. The van der Waals surface area contributed by atoms with Crippen molar-refractivity contribution in [2.24, 2.45) is 5.92 Å². The molecule has 1 amide bonds. The highest BCUT2D eigenvalue weighted by molar-refractivity contribution is 5.91. The van der Waals surface area contributed by atoms with Gasteiger partial charge in [-0.1, -0.05) is 12.1 Å². The molecule has 2 rings (SSSR count). The van der Waals surface area contributed by atoms with Crippen LogP contribution in [0.2, 0.25) is 0 Å². The normalized spacial score (nSPS) is 14.2. The van der Waals surface area contributed by atoms with Gasteiger partial charge in [0.05, 0.1) is 12.5 Å². The summed E-state index contributed by atoms with van der Waals surface area (Å²) in [6.45, 7) is 1.20. The molecule has 0 aliphatic heterocycles. The van der Waals surface area contributed by atoms with Crippen molar-refractivity contribution in [1.29, 1.82) is 5.26 Å². The van der Waals surface area contributed by atoms with E-state index in [0.717, 1.165) is 24.9 Å². The molecule has 0 bridgehead atoms. The Hall–Kier alpha value is -2.15. The summed E-state index contributed by atoms with van der Waals surface area (Å²) in [4.78, 5) is 13.8. The van der Waals surface area contributed by atoms with Crippen molar-refractivity contribution < 1.29 is 9.18 Å². The van der Waals surface area contributed by atoms with Gasteiger partial charge in [-0.15, -0.1) is 0 Å². The number of benzene rings is 1. The topological polar surface area (TPSA) is 44.1 Å². The number of hydrogen-bond acceptors (Lipinski definition) is 2. The van der Waals surface area contributed by atoms with Gasteiger partial charge in [-0.05, 0) is 42.5 Å². The third-order valence-electron chi connectivity index (χ3n) is 3.27. The van der Waals surface area contributed by atoms with Crippen molar-refractivity contribution in [2.45, 2.75) is 19.3 Å². The number of hydrogen-bond donors (Lipinski definition) is 0. The molecule has 0 spiro atoms. The SMILES string of the molecule is N#CCCN(CC1CC1)C(=O)/C=C\c1ccc(F)cc1. The minimum absolute atomic E-state index is 0.0866. The van der Waals surface area contributed by atoms with Crippen molar-refractivity contribution in [2.75, 3.05) is 13.1 Å². The van der Waals surface area contributed by atoms with E-state index in [-0.39, 0.29) is 11.7 Å². The van der Waals surface area contributed by atoms with Gasteiger partial charge in [-0.25, -0.2) is 4.39 Å². The van der Waals surface area contributed by atoms with Gasteiger partial charge in [0, 0.05) is 19.2 Å². The summed E-state index contributed by atoms with van der Waals surface area (Å²) < 4.78 is 12.8. The van der Waals surface area contributed by atoms with Crippen LogP contribution in [0.25, 0.3) is 6.08 Å². The largest absolute Gasteiger partial charge is 0.338 e. The van der Waals surface area contributed by atoms with E-state index in [1.165, 1.54) is 18.2 Å². The Morgan fingerprint density at radius 1 is 1.40 bits per heavy atom. The monoisotopic (exact) mass is 272 g/mol. The zero-order valence-corrected chi connectivity index (χ0v) is 11.3. The van der Waals surface area contributed by atoms with Crippen LogP contribution in [0, 0.1) is 23.1 Å². The van der Waals surface area contributed by atoms with E-state index in [1.807, 2.05) is 0 Å². The van der Waals surface area contributed by atoms with E-state index in [4.69, 9.17) is 5.26 Å². The Balaban J connectivity index is 1.95. The maximum absolute atomic E-state index is 12.8. The maximum Gasteiger partial charge on any atom is 0.246 e. The number of rotatable bonds is 6. The fourth-order valence-corrected chi connectivity index (χ4v) is 1.94. The molecule has 1 fully saturated rings. The predicted molar refractivity (Wildman–Crippen MR) is 75.0 cm³/mol. The van der Waals surface area contributed by atoms with Gasteiger partial charge >= 0.3 is 0 Å². The Morgan fingerprint density at radius 3 is 2.70 bits per heavy atom. The van der Waals surface area contributed by atoms with Gasteiger partial charge in [0.15, 0.2) is 0 Å². The lowest BCUT2D eigenvalue weighted by Crippen LogP contribution is -2.32. The Bertz CT molecular complexity index is 526. The molecular formula is C16H17FN2O. The highest BCUT2D eigenvalue weighted by atomic mass is 19.1. The summed E-state index contributed by atoms with van der Waals surface area (Å²) in [6, 6.07) is 8.04. The molecule has 1 aromatic carbocycles. The molecule has 0 aromatic heterocycles. The van der Waals surface area contributed by atoms with Crippen LogP contribution in [0.5, 0.6) is 0 Å². The lowest BCUT2D eigenvalue weighted by atomic mass is 10.2. The number of carbonyl (C=O) groups is 1. The van der Waals surface area contributed by atoms with E-state index >= 15 is 0 Å². The van der Waals surface area contributed by atoms with Crippen LogP contribution in [0.4, 0.5) is 4.39 Å². The molecule has 0 heterocycles. The average molecular weight is 272 g/mol. The second kappa shape index (κ2) is 6.85. The molecule has 20 heavy (non-hydrogen) atoms. The van der Waals surface area contributed by atoms with Gasteiger partial charge in [0.25, 0.3) is 0 Å². The fourth-order valence-electron chi connectivity index (χ4n) is 1.94. The molecule has 104 valence electrons. The standard InChI is InChI=1S/C16H17FN2O/c17-15-7-4-13(5-8-15)6-9-16(20)19(11-1-10-18)12-14-2-3-14/h4-9,14H,1-3,11-12H2/b9-6-. The molecule has 0 unspecified atom stereocenters. The zero-order chi connectivity index (χ0) is 14.4. The Labute approximate surface area is 118 Å². The van der Waals surface area contributed by atoms with Gasteiger partial charge < -0.3 is 4.90 Å². The minimum atomic E-state index is -0.294. The second-order valence-electron chi connectivity index (χ2n) is 5.02. The summed E-state index contributed by atoms with van der Waals surface area (Å²) in [5.41, 5.74) is 0.784. The molecule has 4 heteroatoms. The molecule has 0 radical (unpaired) electrons. The van der Waals surface area contributed by atoms with Crippen LogP contribution in [0.3, 0.4) is 0 Å². The van der Waals surface area contributed by atoms with Gasteiger partial charge in [0.2, 0.25) is 5.91 Å². The van der Waals surface area contributed by atoms with Crippen molar-refractivity contribution in [3.05, 3.63) is 41.7 Å². The van der Waals surface area contributed by atoms with Crippen molar-refractivity contribution in [3.8, 4) is 6.07 Å². The van der Waals surface area contributed by atoms with Crippen molar-refractivity contribution >= 4 is 12.0 Å². The second-order valence-corrected chi connectivity index (χ2v) is 5.02. The summed E-state index contributed by atoms with van der Waals surface area (Å²) in [6.07, 6.45) is 5.85. The molecule has 0 atom stereocenters. The summed E-state index contributed by atoms with van der Waals surface area (Å²) in [7, 11) is 0. The van der Waals surface area contributed by atoms with E-state index in [1.54, 1.807) is 23.1 Å². The highest BCUT2D eigenvalue weighted by Crippen LogP contribution is 2.29. The highest BCUT2D eigenvalue weighted by Gasteiger charge is 2.25. The van der Waals surface area contributed by atoms with Crippen molar-refractivity contribution in [3.63, 3.8) is 0 Å². The maximum atomic E-state index is 12.8. The number of halogens is 1. The van der Waals surface area contributed by atoms with Gasteiger partial charge in [-0.2, -0.15) is 5.26 Å². The van der Waals surface area contributed by atoms with E-state index in [0.29, 0.717) is 18.9 Å². The van der Waals surface area contributed by atoms with E-state index in [9.17, 15) is 9.18 Å². The molecular weight excluding hydrogens is 255 g/mol. The Kier molecular flexibility index (Phi) is 4.89. The number of nitriles is 1. The van der Waals surface area contributed by atoms with Crippen molar-refractivity contribution in [1.82, 2.24) is 4.90 Å². The summed E-state index contributed by atoms with van der Waals surface area (Å²) >= 11 is 0. The van der Waals surface area contributed by atoms with Gasteiger partial charge in [0.1, 0.15) is 5.82 Å². The number of carbonyl (C=O) groups excluding carboxylic acids is 1. The smallest absolute Gasteiger partial charge is 0.246 e. The lowest BCUT2D eigenvalue weighted by Gasteiger charge is -2.19. The van der Waals surface area contributed by atoms with Crippen LogP contribution in [-0.2, 0) is 4.79 Å². The first-order chi connectivity index (χ1) is 9.69. The first kappa shape index (κ1) is 14.3. The molecule has 3 nitrogen and oxygen atoms in total. The van der Waals surface area contributed by atoms with Crippen LogP contribution >= 0.6 is 0 Å². The van der Waals surface area contributed by atoms with Crippen LogP contribution in [0.1, 0.15) is 24.8 Å². The molecule has 0 saturated heterocycles. The number of amides is 1. The number of nitrogens with zero attached hydrogens (tertiary/aromatic N) is 2. The molecule has 1 aliphatic carbocycles. The van der Waals surface area contributed by atoms with Crippen LogP contribution < -0.4 is 0 Å². The third-order valence-corrected chi connectivity index (χ3v) is 3.27.